The lowest BCUT2D eigenvalue weighted by Crippen LogP contribution is -2.55. The normalized spacial score (nSPS) is 19.0. The molecule has 3 rings (SSSR count). The third kappa shape index (κ3) is 7.08. The fourth-order valence-electron chi connectivity index (χ4n) is 4.28. The van der Waals surface area contributed by atoms with Gasteiger partial charge in [-0.15, -0.1) is 0 Å². The number of carbonyl (C=O) groups is 4. The van der Waals surface area contributed by atoms with Gasteiger partial charge in [-0.25, -0.2) is 0 Å². The summed E-state index contributed by atoms with van der Waals surface area (Å²) in [6.07, 6.45) is 5.65. The molecule has 2 atom stereocenters. The van der Waals surface area contributed by atoms with Gasteiger partial charge in [0.15, 0.2) is 5.12 Å². The van der Waals surface area contributed by atoms with Gasteiger partial charge >= 0.3 is 0 Å². The fourth-order valence-corrected chi connectivity index (χ4v) is 4.92. The Balaban J connectivity index is 1.60. The molecule has 2 N–H and O–H groups in total. The molecule has 32 heavy (non-hydrogen) atoms. The molecule has 2 heterocycles. The van der Waals surface area contributed by atoms with E-state index in [2.05, 4.69) is 16.7 Å². The number of rotatable bonds is 9. The monoisotopic (exact) mass is 459 g/mol. The zero-order valence-electron chi connectivity index (χ0n) is 18.7. The van der Waals surface area contributed by atoms with E-state index >= 15 is 0 Å². The van der Waals surface area contributed by atoms with E-state index in [9.17, 15) is 19.2 Å². The van der Waals surface area contributed by atoms with E-state index in [1.165, 1.54) is 17.3 Å². The Morgan fingerprint density at radius 3 is 2.69 bits per heavy atom. The summed E-state index contributed by atoms with van der Waals surface area (Å²) in [5.74, 6) is 0.320. The molecule has 7 nitrogen and oxygen atoms in total. The highest BCUT2D eigenvalue weighted by atomic mass is 32.2. The molecule has 2 aliphatic heterocycles. The first-order valence-electron chi connectivity index (χ1n) is 11.5. The van der Waals surface area contributed by atoms with Crippen LogP contribution in [0.1, 0.15) is 63.0 Å². The molecule has 2 aliphatic rings. The van der Waals surface area contributed by atoms with Crippen molar-refractivity contribution in [1.29, 1.82) is 0 Å². The number of piperidine rings is 1. The quantitative estimate of drug-likeness (QED) is 0.554. The average molecular weight is 460 g/mol. The maximum Gasteiger partial charge on any atom is 0.245 e. The van der Waals surface area contributed by atoms with Crippen LogP contribution >= 0.6 is 11.8 Å². The summed E-state index contributed by atoms with van der Waals surface area (Å²) in [5, 5.41) is 5.79. The highest BCUT2D eigenvalue weighted by Crippen LogP contribution is 2.20. The molecule has 1 aromatic rings. The Bertz CT molecular complexity index is 844. The van der Waals surface area contributed by atoms with E-state index in [0.717, 1.165) is 37.0 Å². The fraction of sp³-hybridized carbons (Fsp3) is 0.583. The molecule has 174 valence electrons. The third-order valence-electron chi connectivity index (χ3n) is 6.05. The first-order valence-corrected chi connectivity index (χ1v) is 12.5. The van der Waals surface area contributed by atoms with Crippen LogP contribution < -0.4 is 10.6 Å². The number of carbonyl (C=O) groups excluding carboxylic acids is 4. The second-order valence-electron chi connectivity index (χ2n) is 8.54. The number of benzene rings is 1. The number of thioether (sulfide) groups is 1. The Labute approximate surface area is 194 Å². The molecule has 0 saturated carbocycles. The number of amides is 3. The zero-order valence-corrected chi connectivity index (χ0v) is 19.5. The van der Waals surface area contributed by atoms with Crippen molar-refractivity contribution in [2.45, 2.75) is 76.9 Å². The molecule has 0 radical (unpaired) electrons. The van der Waals surface area contributed by atoms with Crippen LogP contribution in [-0.4, -0.2) is 52.1 Å². The van der Waals surface area contributed by atoms with E-state index in [4.69, 9.17) is 0 Å². The van der Waals surface area contributed by atoms with Crippen LogP contribution in [-0.2, 0) is 32.1 Å². The van der Waals surface area contributed by atoms with Crippen molar-refractivity contribution in [2.24, 2.45) is 0 Å². The Morgan fingerprint density at radius 1 is 1.16 bits per heavy atom. The van der Waals surface area contributed by atoms with Gasteiger partial charge in [-0.05, 0) is 43.2 Å². The first kappa shape index (κ1) is 24.3. The lowest BCUT2D eigenvalue weighted by molar-refractivity contribution is -0.138. The number of hydrogen-bond acceptors (Lipinski definition) is 5. The minimum absolute atomic E-state index is 0.0619. The van der Waals surface area contributed by atoms with E-state index in [1.807, 2.05) is 23.1 Å². The summed E-state index contributed by atoms with van der Waals surface area (Å²) in [6.45, 7) is 2.75. The van der Waals surface area contributed by atoms with Crippen molar-refractivity contribution in [1.82, 2.24) is 15.5 Å². The van der Waals surface area contributed by atoms with Gasteiger partial charge in [0.05, 0.1) is 0 Å². The lowest BCUT2D eigenvalue weighted by Gasteiger charge is -2.33. The van der Waals surface area contributed by atoms with Crippen molar-refractivity contribution in [3.8, 4) is 0 Å². The van der Waals surface area contributed by atoms with Gasteiger partial charge in [0.25, 0.3) is 0 Å². The second-order valence-corrected chi connectivity index (χ2v) is 9.81. The van der Waals surface area contributed by atoms with Crippen LogP contribution in [0.2, 0.25) is 0 Å². The Kier molecular flexibility index (Phi) is 9.14. The van der Waals surface area contributed by atoms with Crippen molar-refractivity contribution >= 4 is 34.6 Å². The predicted octanol–water partition coefficient (Wildman–Crippen LogP) is 2.56. The summed E-state index contributed by atoms with van der Waals surface area (Å²) in [5.41, 5.74) is 2.42. The maximum absolute atomic E-state index is 13.4. The Morgan fingerprint density at radius 2 is 1.94 bits per heavy atom. The molecule has 0 aliphatic carbocycles. The van der Waals surface area contributed by atoms with Crippen LogP contribution in [0.25, 0.3) is 0 Å². The molecule has 0 spiro atoms. The van der Waals surface area contributed by atoms with Gasteiger partial charge in [-0.3, -0.25) is 19.2 Å². The van der Waals surface area contributed by atoms with E-state index in [1.54, 1.807) is 6.92 Å². The number of unbranched alkanes of at least 4 members (excludes halogenated alkanes) is 2. The van der Waals surface area contributed by atoms with Crippen LogP contribution in [0.5, 0.6) is 0 Å². The summed E-state index contributed by atoms with van der Waals surface area (Å²) < 4.78 is 0. The van der Waals surface area contributed by atoms with Gasteiger partial charge in [-0.1, -0.05) is 48.9 Å². The summed E-state index contributed by atoms with van der Waals surface area (Å²) in [4.78, 5) is 50.8. The van der Waals surface area contributed by atoms with Crippen molar-refractivity contribution in [2.75, 3.05) is 12.3 Å². The van der Waals surface area contributed by atoms with E-state index in [-0.39, 0.29) is 22.8 Å². The minimum Gasteiger partial charge on any atom is -0.344 e. The molecule has 0 aromatic heterocycles. The van der Waals surface area contributed by atoms with Crippen LogP contribution in [0.4, 0.5) is 0 Å². The van der Waals surface area contributed by atoms with Gasteiger partial charge in [0.2, 0.25) is 17.7 Å². The SMILES string of the molecule is CC(=O)SCCCCC[C@H](NC(=O)[C@@H]1CCCC(=O)N1)C(=O)N1CCc2ccccc2C1. The zero-order chi connectivity index (χ0) is 22.9. The molecule has 3 amide bonds. The van der Waals surface area contributed by atoms with Crippen molar-refractivity contribution < 1.29 is 19.2 Å². The summed E-state index contributed by atoms with van der Waals surface area (Å²) in [6, 6.07) is 6.97. The van der Waals surface area contributed by atoms with Crippen molar-refractivity contribution in [3.05, 3.63) is 35.4 Å². The smallest absolute Gasteiger partial charge is 0.245 e. The number of nitrogens with zero attached hydrogens (tertiary/aromatic N) is 1. The van der Waals surface area contributed by atoms with Gasteiger partial charge in [-0.2, -0.15) is 0 Å². The van der Waals surface area contributed by atoms with E-state index in [0.29, 0.717) is 38.8 Å². The van der Waals surface area contributed by atoms with Gasteiger partial charge in [0.1, 0.15) is 12.1 Å². The highest BCUT2D eigenvalue weighted by Gasteiger charge is 2.31. The number of hydrogen-bond donors (Lipinski definition) is 2. The standard InChI is InChI=1S/C24H33N3O4S/c1-17(28)32-15-6-2-3-10-21(26-23(30)20-11-7-12-22(29)25-20)24(31)27-14-13-18-8-4-5-9-19(18)16-27/h4-5,8-9,20-21H,2-3,6-7,10-16H2,1H3,(H,25,29)(H,26,30)/t20-,21-/m0/s1. The molecular weight excluding hydrogens is 426 g/mol. The van der Waals surface area contributed by atoms with Crippen LogP contribution in [0.15, 0.2) is 24.3 Å². The largest absolute Gasteiger partial charge is 0.344 e. The van der Waals surface area contributed by atoms with Crippen LogP contribution in [0, 0.1) is 0 Å². The molecule has 1 fully saturated rings. The number of fused-ring (bicyclic) bond motifs is 1. The summed E-state index contributed by atoms with van der Waals surface area (Å²) in [7, 11) is 0. The number of nitrogens with one attached hydrogen (secondary N) is 2. The molecular formula is C24H33N3O4S. The van der Waals surface area contributed by atoms with Gasteiger partial charge < -0.3 is 15.5 Å². The molecule has 0 unspecified atom stereocenters. The molecule has 1 saturated heterocycles. The third-order valence-corrected chi connectivity index (χ3v) is 6.95. The van der Waals surface area contributed by atoms with Gasteiger partial charge in [0, 0.05) is 32.2 Å². The van der Waals surface area contributed by atoms with E-state index < -0.39 is 12.1 Å². The predicted molar refractivity (Wildman–Crippen MR) is 125 cm³/mol. The first-order chi connectivity index (χ1) is 15.4. The van der Waals surface area contributed by atoms with Crippen LogP contribution in [0.3, 0.4) is 0 Å². The topological polar surface area (TPSA) is 95.6 Å². The lowest BCUT2D eigenvalue weighted by atomic mass is 9.98. The second kappa shape index (κ2) is 12.0. The molecule has 8 heteroatoms. The Hall–Kier alpha value is -2.35. The average Bonchev–Trinajstić information content (AvgIpc) is 2.79. The molecule has 1 aromatic carbocycles. The van der Waals surface area contributed by atoms with Crippen molar-refractivity contribution in [3.63, 3.8) is 0 Å². The molecule has 0 bridgehead atoms. The highest BCUT2D eigenvalue weighted by molar-refractivity contribution is 8.13. The maximum atomic E-state index is 13.4. The minimum atomic E-state index is -0.605. The summed E-state index contributed by atoms with van der Waals surface area (Å²) >= 11 is 1.32.